The van der Waals surface area contributed by atoms with Crippen molar-refractivity contribution in [2.45, 2.75) is 26.2 Å². The second-order valence-electron chi connectivity index (χ2n) is 8.06. The summed E-state index contributed by atoms with van der Waals surface area (Å²) in [5.41, 5.74) is 4.64. The Labute approximate surface area is 176 Å². The Morgan fingerprint density at radius 2 is 1.90 bits per heavy atom. The molecular formula is C24H28FN3O2. The summed E-state index contributed by atoms with van der Waals surface area (Å²) in [6, 6.07) is 12.1. The first-order chi connectivity index (χ1) is 14.5. The molecule has 5 nitrogen and oxygen atoms in total. The van der Waals surface area contributed by atoms with E-state index in [0.29, 0.717) is 5.56 Å². The van der Waals surface area contributed by atoms with E-state index in [1.165, 1.54) is 11.6 Å². The highest BCUT2D eigenvalue weighted by Crippen LogP contribution is 2.25. The van der Waals surface area contributed by atoms with Gasteiger partial charge in [0.2, 0.25) is 0 Å². The molecule has 0 spiro atoms. The third-order valence-electron chi connectivity index (χ3n) is 6.06. The first kappa shape index (κ1) is 20.4. The molecule has 1 saturated heterocycles. The molecule has 3 aromatic rings. The van der Waals surface area contributed by atoms with Gasteiger partial charge in [-0.1, -0.05) is 6.07 Å². The Balaban J connectivity index is 1.27. The van der Waals surface area contributed by atoms with Gasteiger partial charge in [0.15, 0.2) is 0 Å². The summed E-state index contributed by atoms with van der Waals surface area (Å²) in [4.78, 5) is 19.4. The number of halogens is 1. The van der Waals surface area contributed by atoms with Crippen molar-refractivity contribution >= 4 is 22.6 Å². The molecule has 0 radical (unpaired) electrons. The van der Waals surface area contributed by atoms with E-state index in [0.717, 1.165) is 74.3 Å². The Bertz CT molecular complexity index is 1040. The lowest BCUT2D eigenvalue weighted by atomic mass is 10.0. The van der Waals surface area contributed by atoms with Crippen LogP contribution in [0.25, 0.3) is 10.9 Å². The predicted molar refractivity (Wildman–Crippen MR) is 118 cm³/mol. The van der Waals surface area contributed by atoms with Gasteiger partial charge in [-0.15, -0.1) is 0 Å². The summed E-state index contributed by atoms with van der Waals surface area (Å²) in [5.74, 6) is -1.07. The van der Waals surface area contributed by atoms with Gasteiger partial charge in [0, 0.05) is 48.5 Å². The van der Waals surface area contributed by atoms with E-state index in [1.54, 1.807) is 24.3 Å². The first-order valence-corrected chi connectivity index (χ1v) is 10.6. The molecule has 0 saturated carbocycles. The lowest BCUT2D eigenvalue weighted by Gasteiger charge is -2.36. The number of carboxylic acid groups (broad SMARTS) is 1. The van der Waals surface area contributed by atoms with Crippen LogP contribution in [0.15, 0.2) is 42.5 Å². The van der Waals surface area contributed by atoms with Crippen LogP contribution in [0.2, 0.25) is 0 Å². The number of unbranched alkanes of at least 4 members (excludes halogenated alkanes) is 1. The summed E-state index contributed by atoms with van der Waals surface area (Å²) < 4.78 is 13.4. The number of nitrogens with one attached hydrogen (secondary N) is 1. The molecule has 158 valence electrons. The summed E-state index contributed by atoms with van der Waals surface area (Å²) in [6.07, 6.45) is 3.11. The minimum Gasteiger partial charge on any atom is -0.478 e. The van der Waals surface area contributed by atoms with Crippen molar-refractivity contribution in [3.8, 4) is 0 Å². The highest BCUT2D eigenvalue weighted by atomic mass is 19.1. The summed E-state index contributed by atoms with van der Waals surface area (Å²) >= 11 is 0. The number of hydrogen-bond donors (Lipinski definition) is 2. The topological polar surface area (TPSA) is 59.6 Å². The van der Waals surface area contributed by atoms with Crippen molar-refractivity contribution in [1.29, 1.82) is 0 Å². The third-order valence-corrected chi connectivity index (χ3v) is 6.06. The highest BCUT2D eigenvalue weighted by Gasteiger charge is 2.17. The average molecular weight is 410 g/mol. The number of benzene rings is 2. The number of carboxylic acids is 1. The molecule has 0 bridgehead atoms. The maximum Gasteiger partial charge on any atom is 0.335 e. The smallest absolute Gasteiger partial charge is 0.335 e. The van der Waals surface area contributed by atoms with Gasteiger partial charge in [-0.05, 0) is 74.7 Å². The SMILES string of the molecule is Cc1[nH]c2ccc(C(=O)O)cc2c1CCCCN1CCN(c2cccc(F)c2)CC1. The molecule has 0 aliphatic carbocycles. The molecule has 0 amide bonds. The number of aromatic nitrogens is 1. The molecular weight excluding hydrogens is 381 g/mol. The van der Waals surface area contributed by atoms with E-state index < -0.39 is 5.97 Å². The van der Waals surface area contributed by atoms with E-state index >= 15 is 0 Å². The number of rotatable bonds is 7. The van der Waals surface area contributed by atoms with Crippen LogP contribution in [0.5, 0.6) is 0 Å². The van der Waals surface area contributed by atoms with Crippen LogP contribution < -0.4 is 4.90 Å². The summed E-state index contributed by atoms with van der Waals surface area (Å²) in [7, 11) is 0. The zero-order chi connectivity index (χ0) is 21.1. The molecule has 1 aliphatic heterocycles. The normalized spacial score (nSPS) is 15.1. The van der Waals surface area contributed by atoms with Crippen LogP contribution in [-0.4, -0.2) is 53.7 Å². The van der Waals surface area contributed by atoms with Crippen molar-refractivity contribution in [3.05, 3.63) is 65.1 Å². The Kier molecular flexibility index (Phi) is 6.04. The van der Waals surface area contributed by atoms with Crippen molar-refractivity contribution < 1.29 is 14.3 Å². The fraction of sp³-hybridized carbons (Fsp3) is 0.375. The van der Waals surface area contributed by atoms with Gasteiger partial charge in [0.05, 0.1) is 5.56 Å². The van der Waals surface area contributed by atoms with Crippen LogP contribution in [0.1, 0.15) is 34.5 Å². The molecule has 0 atom stereocenters. The van der Waals surface area contributed by atoms with E-state index in [4.69, 9.17) is 0 Å². The fourth-order valence-corrected chi connectivity index (χ4v) is 4.38. The molecule has 30 heavy (non-hydrogen) atoms. The van der Waals surface area contributed by atoms with Crippen molar-refractivity contribution in [1.82, 2.24) is 9.88 Å². The molecule has 1 aromatic heterocycles. The quantitative estimate of drug-likeness (QED) is 0.566. The molecule has 4 rings (SSSR count). The summed E-state index contributed by atoms with van der Waals surface area (Å²) in [5, 5.41) is 10.3. The maximum atomic E-state index is 13.4. The monoisotopic (exact) mass is 409 g/mol. The minimum atomic E-state index is -0.890. The van der Waals surface area contributed by atoms with Crippen molar-refractivity contribution in [2.24, 2.45) is 0 Å². The van der Waals surface area contributed by atoms with E-state index in [-0.39, 0.29) is 5.82 Å². The van der Waals surface area contributed by atoms with Gasteiger partial charge < -0.3 is 15.0 Å². The van der Waals surface area contributed by atoms with Gasteiger partial charge in [-0.25, -0.2) is 9.18 Å². The number of nitrogens with zero attached hydrogens (tertiary/aromatic N) is 2. The van der Waals surface area contributed by atoms with Crippen LogP contribution >= 0.6 is 0 Å². The molecule has 1 fully saturated rings. The van der Waals surface area contributed by atoms with Crippen molar-refractivity contribution in [3.63, 3.8) is 0 Å². The highest BCUT2D eigenvalue weighted by molar-refractivity contribution is 5.95. The van der Waals surface area contributed by atoms with Gasteiger partial charge >= 0.3 is 5.97 Å². The molecule has 2 aromatic carbocycles. The standard InChI is InChI=1S/C24H28FN3O2/c1-17-21(22-15-18(24(29)30)8-9-23(22)26-17)7-2-3-10-27-11-13-28(14-12-27)20-6-4-5-19(25)16-20/h4-6,8-9,15-16,26H,2-3,7,10-14H2,1H3,(H,29,30). The summed E-state index contributed by atoms with van der Waals surface area (Å²) in [6.45, 7) is 6.93. The molecule has 6 heteroatoms. The molecule has 2 N–H and O–H groups in total. The number of aromatic amines is 1. The van der Waals surface area contributed by atoms with Crippen LogP contribution in [-0.2, 0) is 6.42 Å². The zero-order valence-corrected chi connectivity index (χ0v) is 17.3. The largest absolute Gasteiger partial charge is 0.478 e. The van der Waals surface area contributed by atoms with Gasteiger partial charge in [0.25, 0.3) is 0 Å². The molecule has 1 aliphatic rings. The number of fused-ring (bicyclic) bond motifs is 1. The lowest BCUT2D eigenvalue weighted by molar-refractivity contribution is 0.0697. The van der Waals surface area contributed by atoms with Gasteiger partial charge in [0.1, 0.15) is 5.82 Å². The molecule has 2 heterocycles. The van der Waals surface area contributed by atoms with E-state index in [9.17, 15) is 14.3 Å². The Morgan fingerprint density at radius 1 is 1.10 bits per heavy atom. The second kappa shape index (κ2) is 8.88. The van der Waals surface area contributed by atoms with Gasteiger partial charge in [-0.3, -0.25) is 4.90 Å². The number of piperazine rings is 1. The Hall–Kier alpha value is -2.86. The zero-order valence-electron chi connectivity index (χ0n) is 17.3. The lowest BCUT2D eigenvalue weighted by Crippen LogP contribution is -2.46. The second-order valence-corrected chi connectivity index (χ2v) is 8.06. The van der Waals surface area contributed by atoms with Crippen LogP contribution in [0.3, 0.4) is 0 Å². The number of hydrogen-bond acceptors (Lipinski definition) is 3. The first-order valence-electron chi connectivity index (χ1n) is 10.6. The third kappa shape index (κ3) is 4.49. The predicted octanol–water partition coefficient (Wildman–Crippen LogP) is 4.46. The average Bonchev–Trinajstić information content (AvgIpc) is 3.06. The number of H-pyrrole nitrogens is 1. The number of aryl methyl sites for hydroxylation is 2. The number of anilines is 1. The number of aromatic carboxylic acids is 1. The van der Waals surface area contributed by atoms with Crippen molar-refractivity contribution in [2.75, 3.05) is 37.6 Å². The maximum absolute atomic E-state index is 13.4. The van der Waals surface area contributed by atoms with Crippen LogP contribution in [0.4, 0.5) is 10.1 Å². The number of carbonyl (C=O) groups is 1. The molecule has 0 unspecified atom stereocenters. The minimum absolute atomic E-state index is 0.182. The van der Waals surface area contributed by atoms with E-state index in [1.807, 2.05) is 12.1 Å². The van der Waals surface area contributed by atoms with Gasteiger partial charge in [-0.2, -0.15) is 0 Å². The fourth-order valence-electron chi connectivity index (χ4n) is 4.38. The van der Waals surface area contributed by atoms with Crippen LogP contribution in [0, 0.1) is 12.7 Å². The van der Waals surface area contributed by atoms with E-state index in [2.05, 4.69) is 21.7 Å². The Morgan fingerprint density at radius 3 is 2.63 bits per heavy atom.